The molecule has 0 bridgehead atoms. The number of halogens is 2. The largest absolute Gasteiger partial charge is 0.207 e. The number of rotatable bonds is 2. The normalized spacial score (nSPS) is 11.0. The Labute approximate surface area is 106 Å². The average molecular weight is 245 g/mol. The molecule has 0 spiro atoms. The molecule has 0 aromatic heterocycles. The Kier molecular flexibility index (Phi) is 3.46. The SMILES string of the molecule is Cc1[c]cc(C(C)C)c(F)c1-c1ccc(F)cc1. The second-order valence-electron chi connectivity index (χ2n) is 4.72. The third-order valence-electron chi connectivity index (χ3n) is 3.05. The quantitative estimate of drug-likeness (QED) is 0.708. The maximum atomic E-state index is 14.5. The molecule has 1 radical (unpaired) electrons. The molecule has 2 heteroatoms. The van der Waals surface area contributed by atoms with E-state index < -0.39 is 0 Å². The Hall–Kier alpha value is -1.70. The molecule has 0 unspecified atom stereocenters. The minimum Gasteiger partial charge on any atom is -0.207 e. The van der Waals surface area contributed by atoms with E-state index in [1.807, 2.05) is 20.8 Å². The Bertz CT molecular complexity index is 554. The van der Waals surface area contributed by atoms with Gasteiger partial charge < -0.3 is 0 Å². The van der Waals surface area contributed by atoms with E-state index in [2.05, 4.69) is 6.07 Å². The molecular formula is C16H15F2. The topological polar surface area (TPSA) is 0 Å². The van der Waals surface area contributed by atoms with Crippen molar-refractivity contribution >= 4 is 0 Å². The molecule has 0 heterocycles. The van der Waals surface area contributed by atoms with E-state index in [4.69, 9.17) is 0 Å². The molecule has 0 nitrogen and oxygen atoms in total. The van der Waals surface area contributed by atoms with Crippen LogP contribution in [0.2, 0.25) is 0 Å². The molecule has 2 aromatic carbocycles. The van der Waals surface area contributed by atoms with Gasteiger partial charge in [0.2, 0.25) is 0 Å². The smallest absolute Gasteiger partial charge is 0.134 e. The van der Waals surface area contributed by atoms with Gasteiger partial charge in [0.15, 0.2) is 0 Å². The molecule has 0 aliphatic rings. The molecule has 93 valence electrons. The lowest BCUT2D eigenvalue weighted by Crippen LogP contribution is -1.98. The van der Waals surface area contributed by atoms with Crippen molar-refractivity contribution in [2.24, 2.45) is 0 Å². The summed E-state index contributed by atoms with van der Waals surface area (Å²) in [4.78, 5) is 0. The minimum absolute atomic E-state index is 0.0982. The molecule has 0 aliphatic heterocycles. The standard InChI is InChI=1S/C16H15F2/c1-10(2)14-9-4-11(3)15(16(14)18)12-5-7-13(17)8-6-12/h5-10H,1-3H3. The Morgan fingerprint density at radius 3 is 2.22 bits per heavy atom. The van der Waals surface area contributed by atoms with E-state index in [0.29, 0.717) is 16.7 Å². The second-order valence-corrected chi connectivity index (χ2v) is 4.72. The summed E-state index contributed by atoms with van der Waals surface area (Å²) in [6, 6.07) is 10.6. The van der Waals surface area contributed by atoms with Crippen LogP contribution in [0, 0.1) is 24.6 Å². The van der Waals surface area contributed by atoms with Gasteiger partial charge in [-0.25, -0.2) is 8.78 Å². The van der Waals surface area contributed by atoms with Crippen LogP contribution in [0.4, 0.5) is 8.78 Å². The minimum atomic E-state index is -0.319. The van der Waals surface area contributed by atoms with Crippen LogP contribution in [-0.2, 0) is 0 Å². The Morgan fingerprint density at radius 2 is 1.67 bits per heavy atom. The van der Waals surface area contributed by atoms with Crippen molar-refractivity contribution in [2.45, 2.75) is 26.7 Å². The van der Waals surface area contributed by atoms with Crippen LogP contribution in [0.15, 0.2) is 30.3 Å². The van der Waals surface area contributed by atoms with Crippen LogP contribution in [0.25, 0.3) is 11.1 Å². The predicted molar refractivity (Wildman–Crippen MR) is 69.5 cm³/mol. The molecule has 18 heavy (non-hydrogen) atoms. The van der Waals surface area contributed by atoms with Crippen molar-refractivity contribution in [1.29, 1.82) is 0 Å². The molecule has 0 N–H and O–H groups in total. The van der Waals surface area contributed by atoms with E-state index in [1.165, 1.54) is 12.1 Å². The summed E-state index contributed by atoms with van der Waals surface area (Å²) in [5.74, 6) is -0.449. The van der Waals surface area contributed by atoms with Crippen molar-refractivity contribution in [3.05, 3.63) is 59.2 Å². The van der Waals surface area contributed by atoms with Crippen LogP contribution in [0.1, 0.15) is 30.9 Å². The van der Waals surface area contributed by atoms with Crippen LogP contribution in [-0.4, -0.2) is 0 Å². The summed E-state index contributed by atoms with van der Waals surface area (Å²) in [7, 11) is 0. The van der Waals surface area contributed by atoms with Crippen LogP contribution >= 0.6 is 0 Å². The first-order chi connectivity index (χ1) is 8.50. The third-order valence-corrected chi connectivity index (χ3v) is 3.05. The van der Waals surface area contributed by atoms with Crippen LogP contribution in [0.5, 0.6) is 0 Å². The van der Waals surface area contributed by atoms with Crippen molar-refractivity contribution in [2.75, 3.05) is 0 Å². The zero-order valence-electron chi connectivity index (χ0n) is 10.7. The van der Waals surface area contributed by atoms with Gasteiger partial charge >= 0.3 is 0 Å². The molecule has 2 rings (SSSR count). The van der Waals surface area contributed by atoms with Gasteiger partial charge in [0.25, 0.3) is 0 Å². The second kappa shape index (κ2) is 4.89. The monoisotopic (exact) mass is 245 g/mol. The maximum Gasteiger partial charge on any atom is 0.134 e. The summed E-state index contributed by atoms with van der Waals surface area (Å²) in [6.45, 7) is 5.69. The molecule has 0 atom stereocenters. The van der Waals surface area contributed by atoms with Crippen molar-refractivity contribution < 1.29 is 8.78 Å². The number of hydrogen-bond acceptors (Lipinski definition) is 0. The number of benzene rings is 2. The van der Waals surface area contributed by atoms with Gasteiger partial charge in [0, 0.05) is 5.56 Å². The highest BCUT2D eigenvalue weighted by atomic mass is 19.1. The molecule has 0 fully saturated rings. The van der Waals surface area contributed by atoms with Gasteiger partial charge in [-0.2, -0.15) is 0 Å². The highest BCUT2D eigenvalue weighted by Gasteiger charge is 2.15. The fraction of sp³-hybridized carbons (Fsp3) is 0.250. The summed E-state index contributed by atoms with van der Waals surface area (Å²) in [5, 5.41) is 0. The van der Waals surface area contributed by atoms with Gasteiger partial charge in [-0.15, -0.1) is 0 Å². The summed E-state index contributed by atoms with van der Waals surface area (Å²) >= 11 is 0. The van der Waals surface area contributed by atoms with Crippen molar-refractivity contribution in [3.63, 3.8) is 0 Å². The lowest BCUT2D eigenvalue weighted by molar-refractivity contribution is 0.600. The molecule has 0 saturated carbocycles. The van der Waals surface area contributed by atoms with E-state index in [0.717, 1.165) is 5.56 Å². The summed E-state index contributed by atoms with van der Waals surface area (Å²) in [6.07, 6.45) is 0. The first-order valence-electron chi connectivity index (χ1n) is 5.97. The Morgan fingerprint density at radius 1 is 1.06 bits per heavy atom. The lowest BCUT2D eigenvalue weighted by atomic mass is 9.93. The molecule has 0 saturated heterocycles. The molecule has 0 amide bonds. The molecule has 0 aliphatic carbocycles. The predicted octanol–water partition coefficient (Wildman–Crippen LogP) is 4.86. The Balaban J connectivity index is 2.63. The zero-order chi connectivity index (χ0) is 13.3. The molecule has 2 aromatic rings. The van der Waals surface area contributed by atoms with Crippen molar-refractivity contribution in [3.8, 4) is 11.1 Å². The zero-order valence-corrected chi connectivity index (χ0v) is 10.7. The number of hydrogen-bond donors (Lipinski definition) is 0. The summed E-state index contributed by atoms with van der Waals surface area (Å²) in [5.41, 5.74) is 2.58. The highest BCUT2D eigenvalue weighted by Crippen LogP contribution is 2.31. The van der Waals surface area contributed by atoms with E-state index in [1.54, 1.807) is 18.2 Å². The van der Waals surface area contributed by atoms with Crippen LogP contribution < -0.4 is 0 Å². The van der Waals surface area contributed by atoms with Gasteiger partial charge in [0.05, 0.1) is 0 Å². The van der Waals surface area contributed by atoms with Gasteiger partial charge in [-0.05, 0) is 53.8 Å². The average Bonchev–Trinajstić information content (AvgIpc) is 2.31. The first-order valence-corrected chi connectivity index (χ1v) is 5.97. The molecular weight excluding hydrogens is 230 g/mol. The lowest BCUT2D eigenvalue weighted by Gasteiger charge is -2.13. The fourth-order valence-electron chi connectivity index (χ4n) is 2.01. The van der Waals surface area contributed by atoms with Gasteiger partial charge in [-0.1, -0.05) is 26.0 Å². The van der Waals surface area contributed by atoms with Gasteiger partial charge in [-0.3, -0.25) is 0 Å². The number of aryl methyl sites for hydroxylation is 1. The van der Waals surface area contributed by atoms with Gasteiger partial charge in [0.1, 0.15) is 11.6 Å². The van der Waals surface area contributed by atoms with Crippen LogP contribution in [0.3, 0.4) is 0 Å². The van der Waals surface area contributed by atoms with Crippen molar-refractivity contribution in [1.82, 2.24) is 0 Å². The fourth-order valence-corrected chi connectivity index (χ4v) is 2.01. The highest BCUT2D eigenvalue weighted by molar-refractivity contribution is 5.68. The summed E-state index contributed by atoms with van der Waals surface area (Å²) < 4.78 is 27.4. The maximum absolute atomic E-state index is 14.5. The first kappa shape index (κ1) is 12.7. The van der Waals surface area contributed by atoms with E-state index >= 15 is 0 Å². The van der Waals surface area contributed by atoms with E-state index in [9.17, 15) is 8.78 Å². The van der Waals surface area contributed by atoms with E-state index in [-0.39, 0.29) is 17.6 Å². The third kappa shape index (κ3) is 2.28.